The minimum Gasteiger partial charge on any atom is -0.469 e. The Morgan fingerprint density at radius 3 is 2.54 bits per heavy atom. The van der Waals surface area contributed by atoms with Crippen LogP contribution in [-0.4, -0.2) is 7.11 Å². The Hall–Kier alpha value is -1.44. The lowest BCUT2D eigenvalue weighted by molar-refractivity contribution is 0.0523. The van der Waals surface area contributed by atoms with Crippen molar-refractivity contribution in [1.82, 2.24) is 0 Å². The van der Waals surface area contributed by atoms with Gasteiger partial charge in [-0.05, 0) is 18.6 Å². The molecule has 0 aliphatic carbocycles. The van der Waals surface area contributed by atoms with Gasteiger partial charge in [0.2, 0.25) is 0 Å². The van der Waals surface area contributed by atoms with Crippen molar-refractivity contribution < 1.29 is 9.47 Å². The quantitative estimate of drug-likeness (QED) is 0.660. The van der Waals surface area contributed by atoms with Gasteiger partial charge < -0.3 is 9.47 Å². The van der Waals surface area contributed by atoms with E-state index in [1.54, 1.807) is 13.2 Å². The Morgan fingerprint density at radius 2 is 2.00 bits per heavy atom. The zero-order valence-electron chi connectivity index (χ0n) is 7.99. The van der Waals surface area contributed by atoms with Gasteiger partial charge in [-0.1, -0.05) is 30.3 Å². The molecule has 0 saturated carbocycles. The molecular formula is C11H14O2. The van der Waals surface area contributed by atoms with Crippen molar-refractivity contribution in [2.45, 2.75) is 13.5 Å². The van der Waals surface area contributed by atoms with Crippen LogP contribution >= 0.6 is 0 Å². The smallest absolute Gasteiger partial charge is 0.274 e. The molecule has 0 aliphatic rings. The van der Waals surface area contributed by atoms with Crippen molar-refractivity contribution in [3.63, 3.8) is 0 Å². The van der Waals surface area contributed by atoms with Gasteiger partial charge in [-0.15, -0.1) is 0 Å². The van der Waals surface area contributed by atoms with E-state index in [9.17, 15) is 0 Å². The molecule has 13 heavy (non-hydrogen) atoms. The third-order valence-electron chi connectivity index (χ3n) is 1.66. The predicted octanol–water partition coefficient (Wildman–Crippen LogP) is 2.71. The standard InChI is InChI=1S/C11H14O2/c1-3-11(12-2)13-9-10-7-5-4-6-8-10/h3-8H,9H2,1-2H3/b11-3-. The molecule has 0 aromatic heterocycles. The first-order valence-electron chi connectivity index (χ1n) is 4.24. The molecule has 2 nitrogen and oxygen atoms in total. The van der Waals surface area contributed by atoms with Crippen molar-refractivity contribution >= 4 is 0 Å². The van der Waals surface area contributed by atoms with E-state index < -0.39 is 0 Å². The molecule has 0 N–H and O–H groups in total. The van der Waals surface area contributed by atoms with Gasteiger partial charge in [-0.3, -0.25) is 0 Å². The van der Waals surface area contributed by atoms with Gasteiger partial charge in [0.1, 0.15) is 6.61 Å². The normalized spacial score (nSPS) is 11.1. The Kier molecular flexibility index (Phi) is 3.89. The van der Waals surface area contributed by atoms with Crippen molar-refractivity contribution in [3.05, 3.63) is 47.9 Å². The Morgan fingerprint density at radius 1 is 1.31 bits per heavy atom. The summed E-state index contributed by atoms with van der Waals surface area (Å²) in [6.45, 7) is 2.43. The molecule has 1 rings (SSSR count). The summed E-state index contributed by atoms with van der Waals surface area (Å²) in [5.41, 5.74) is 1.14. The van der Waals surface area contributed by atoms with E-state index in [0.717, 1.165) is 5.56 Å². The first-order valence-corrected chi connectivity index (χ1v) is 4.24. The average molecular weight is 178 g/mol. The number of benzene rings is 1. The van der Waals surface area contributed by atoms with Gasteiger partial charge in [0, 0.05) is 0 Å². The van der Waals surface area contributed by atoms with Crippen LogP contribution in [0.4, 0.5) is 0 Å². The van der Waals surface area contributed by atoms with Crippen molar-refractivity contribution in [2.75, 3.05) is 7.11 Å². The van der Waals surface area contributed by atoms with E-state index in [4.69, 9.17) is 9.47 Å². The first kappa shape index (κ1) is 9.65. The second-order valence-electron chi connectivity index (χ2n) is 2.59. The Balaban J connectivity index is 2.43. The third-order valence-corrected chi connectivity index (χ3v) is 1.66. The van der Waals surface area contributed by atoms with Crippen LogP contribution in [0.25, 0.3) is 0 Å². The maximum atomic E-state index is 5.37. The lowest BCUT2D eigenvalue weighted by Crippen LogP contribution is -1.94. The van der Waals surface area contributed by atoms with E-state index in [1.807, 2.05) is 37.3 Å². The molecule has 70 valence electrons. The largest absolute Gasteiger partial charge is 0.469 e. The average Bonchev–Trinajstić information content (AvgIpc) is 2.21. The second-order valence-corrected chi connectivity index (χ2v) is 2.59. The molecule has 0 saturated heterocycles. The maximum Gasteiger partial charge on any atom is 0.274 e. The van der Waals surface area contributed by atoms with Crippen molar-refractivity contribution in [1.29, 1.82) is 0 Å². The molecule has 1 aromatic carbocycles. The van der Waals surface area contributed by atoms with Crippen LogP contribution in [0.3, 0.4) is 0 Å². The molecule has 1 aromatic rings. The summed E-state index contributed by atoms with van der Waals surface area (Å²) < 4.78 is 10.3. The van der Waals surface area contributed by atoms with E-state index in [1.165, 1.54) is 0 Å². The number of hydrogen-bond donors (Lipinski definition) is 0. The van der Waals surface area contributed by atoms with E-state index in [-0.39, 0.29) is 0 Å². The Labute approximate surface area is 78.8 Å². The molecular weight excluding hydrogens is 164 g/mol. The lowest BCUT2D eigenvalue weighted by atomic mass is 10.2. The Bertz CT molecular complexity index is 265. The summed E-state index contributed by atoms with van der Waals surface area (Å²) in [5.74, 6) is 0.559. The summed E-state index contributed by atoms with van der Waals surface area (Å²) in [4.78, 5) is 0. The molecule has 0 fully saturated rings. The van der Waals surface area contributed by atoms with Gasteiger partial charge in [0.15, 0.2) is 0 Å². The SMILES string of the molecule is C/C=C(/OC)OCc1ccccc1. The predicted molar refractivity (Wildman–Crippen MR) is 52.0 cm³/mol. The monoisotopic (exact) mass is 178 g/mol. The van der Waals surface area contributed by atoms with Crippen LogP contribution in [0.1, 0.15) is 12.5 Å². The van der Waals surface area contributed by atoms with Gasteiger partial charge in [-0.2, -0.15) is 0 Å². The zero-order valence-corrected chi connectivity index (χ0v) is 7.99. The van der Waals surface area contributed by atoms with Gasteiger partial charge in [-0.25, -0.2) is 0 Å². The number of methoxy groups -OCH3 is 1. The molecule has 0 heterocycles. The molecule has 0 radical (unpaired) electrons. The van der Waals surface area contributed by atoms with Crippen LogP contribution in [0, 0.1) is 0 Å². The fraction of sp³-hybridized carbons (Fsp3) is 0.273. The van der Waals surface area contributed by atoms with Crippen LogP contribution in [-0.2, 0) is 16.1 Å². The number of allylic oxidation sites excluding steroid dienone is 1. The fourth-order valence-electron chi connectivity index (χ4n) is 0.989. The molecule has 0 aliphatic heterocycles. The molecule has 0 unspecified atom stereocenters. The summed E-state index contributed by atoms with van der Waals surface area (Å²) in [6.07, 6.45) is 1.79. The second kappa shape index (κ2) is 5.25. The molecule has 0 amide bonds. The molecule has 2 heteroatoms. The minimum absolute atomic E-state index is 0.550. The summed E-state index contributed by atoms with van der Waals surface area (Å²) in [7, 11) is 1.60. The molecule has 0 atom stereocenters. The zero-order chi connectivity index (χ0) is 9.52. The topological polar surface area (TPSA) is 18.5 Å². The van der Waals surface area contributed by atoms with Gasteiger partial charge in [0.25, 0.3) is 5.95 Å². The molecule has 0 spiro atoms. The van der Waals surface area contributed by atoms with E-state index >= 15 is 0 Å². The number of rotatable bonds is 4. The molecule has 0 bridgehead atoms. The highest BCUT2D eigenvalue weighted by atomic mass is 16.7. The van der Waals surface area contributed by atoms with Gasteiger partial charge >= 0.3 is 0 Å². The van der Waals surface area contributed by atoms with Crippen LogP contribution < -0.4 is 0 Å². The van der Waals surface area contributed by atoms with Crippen molar-refractivity contribution in [3.8, 4) is 0 Å². The fourth-order valence-corrected chi connectivity index (χ4v) is 0.989. The van der Waals surface area contributed by atoms with Crippen LogP contribution in [0.2, 0.25) is 0 Å². The lowest BCUT2D eigenvalue weighted by Gasteiger charge is -2.07. The number of ether oxygens (including phenoxy) is 2. The summed E-state index contributed by atoms with van der Waals surface area (Å²) >= 11 is 0. The van der Waals surface area contributed by atoms with E-state index in [2.05, 4.69) is 0 Å². The summed E-state index contributed by atoms with van der Waals surface area (Å²) in [6, 6.07) is 9.99. The maximum absolute atomic E-state index is 5.37. The number of hydrogen-bond acceptors (Lipinski definition) is 2. The van der Waals surface area contributed by atoms with Gasteiger partial charge in [0.05, 0.1) is 7.11 Å². The first-order chi connectivity index (χ1) is 6.36. The van der Waals surface area contributed by atoms with Crippen LogP contribution in [0.15, 0.2) is 42.4 Å². The minimum atomic E-state index is 0.550. The highest BCUT2D eigenvalue weighted by Crippen LogP contribution is 2.05. The van der Waals surface area contributed by atoms with Crippen LogP contribution in [0.5, 0.6) is 0 Å². The highest BCUT2D eigenvalue weighted by Gasteiger charge is 1.95. The van der Waals surface area contributed by atoms with Crippen molar-refractivity contribution in [2.24, 2.45) is 0 Å². The third kappa shape index (κ3) is 3.20. The summed E-state index contributed by atoms with van der Waals surface area (Å²) in [5, 5.41) is 0. The highest BCUT2D eigenvalue weighted by molar-refractivity contribution is 5.13. The van der Waals surface area contributed by atoms with E-state index in [0.29, 0.717) is 12.6 Å².